The minimum atomic E-state index is -0.559. The third-order valence-corrected chi connectivity index (χ3v) is 6.26. The van der Waals surface area contributed by atoms with Gasteiger partial charge in [0.25, 0.3) is 5.56 Å². The Labute approximate surface area is 193 Å². The normalized spacial score (nSPS) is 11.0. The molecule has 32 heavy (non-hydrogen) atoms. The summed E-state index contributed by atoms with van der Waals surface area (Å²) in [5.41, 5.74) is 3.59. The molecular weight excluding hydrogens is 449 g/mol. The highest BCUT2D eigenvalue weighted by atomic mass is 35.5. The lowest BCUT2D eigenvalue weighted by Crippen LogP contribution is -2.23. The number of aryl methyl sites for hydroxylation is 2. The van der Waals surface area contributed by atoms with Crippen LogP contribution in [-0.4, -0.2) is 21.2 Å². The van der Waals surface area contributed by atoms with Gasteiger partial charge in [-0.3, -0.25) is 14.2 Å². The van der Waals surface area contributed by atoms with E-state index in [1.54, 1.807) is 18.2 Å². The van der Waals surface area contributed by atoms with Gasteiger partial charge in [-0.2, -0.15) is 0 Å². The predicted octanol–water partition coefficient (Wildman–Crippen LogP) is 5.53. The highest BCUT2D eigenvalue weighted by Gasteiger charge is 2.15. The Morgan fingerprint density at radius 2 is 1.88 bits per heavy atom. The lowest BCUT2D eigenvalue weighted by atomic mass is 10.1. The number of rotatable bonds is 5. The molecule has 4 aromatic rings. The molecule has 162 valence electrons. The number of nitrogens with zero attached hydrogens (tertiary/aromatic N) is 2. The molecule has 3 aromatic carbocycles. The van der Waals surface area contributed by atoms with E-state index in [0.29, 0.717) is 27.4 Å². The van der Waals surface area contributed by atoms with Gasteiger partial charge < -0.3 is 5.32 Å². The van der Waals surface area contributed by atoms with E-state index in [4.69, 9.17) is 11.6 Å². The lowest BCUT2D eigenvalue weighted by Gasteiger charge is -2.14. The van der Waals surface area contributed by atoms with Crippen LogP contribution in [0.1, 0.15) is 11.1 Å². The second kappa shape index (κ2) is 9.14. The molecule has 0 radical (unpaired) electrons. The van der Waals surface area contributed by atoms with Crippen molar-refractivity contribution in [2.75, 3.05) is 11.1 Å². The summed E-state index contributed by atoms with van der Waals surface area (Å²) in [6.07, 6.45) is 0. The molecule has 0 spiro atoms. The number of carbonyl (C=O) groups excluding carboxylic acids is 1. The molecular formula is C24H19ClFN3O2S. The summed E-state index contributed by atoms with van der Waals surface area (Å²) in [7, 11) is 0. The van der Waals surface area contributed by atoms with Gasteiger partial charge in [-0.15, -0.1) is 0 Å². The number of nitrogens with one attached hydrogen (secondary N) is 1. The average molecular weight is 468 g/mol. The number of benzene rings is 3. The zero-order valence-electron chi connectivity index (χ0n) is 17.4. The first-order chi connectivity index (χ1) is 15.3. The molecule has 0 aliphatic rings. The molecule has 0 aliphatic heterocycles. The molecule has 1 amide bonds. The number of amides is 1. The highest BCUT2D eigenvalue weighted by molar-refractivity contribution is 7.99. The van der Waals surface area contributed by atoms with E-state index < -0.39 is 5.82 Å². The van der Waals surface area contributed by atoms with Crippen molar-refractivity contribution in [3.05, 3.63) is 93.0 Å². The van der Waals surface area contributed by atoms with Gasteiger partial charge in [0.2, 0.25) is 5.91 Å². The summed E-state index contributed by atoms with van der Waals surface area (Å²) >= 11 is 6.92. The highest BCUT2D eigenvalue weighted by Crippen LogP contribution is 2.24. The van der Waals surface area contributed by atoms with Crippen molar-refractivity contribution >= 4 is 45.9 Å². The monoisotopic (exact) mass is 467 g/mol. The minimum Gasteiger partial charge on any atom is -0.325 e. The molecule has 0 aliphatic carbocycles. The SMILES string of the molecule is Cc1ccc(-n2c(SCC(=O)Nc3ccc(F)c(Cl)c3)nc3ccccc3c2=O)cc1C. The first kappa shape index (κ1) is 22.0. The third kappa shape index (κ3) is 4.54. The Bertz CT molecular complexity index is 1400. The maximum atomic E-state index is 13.3. The zero-order valence-corrected chi connectivity index (χ0v) is 18.9. The zero-order chi connectivity index (χ0) is 22.8. The van der Waals surface area contributed by atoms with Crippen molar-refractivity contribution in [3.63, 3.8) is 0 Å². The van der Waals surface area contributed by atoms with Crippen molar-refractivity contribution in [1.82, 2.24) is 9.55 Å². The van der Waals surface area contributed by atoms with Crippen LogP contribution in [0.15, 0.2) is 70.6 Å². The van der Waals surface area contributed by atoms with Crippen molar-refractivity contribution in [1.29, 1.82) is 0 Å². The van der Waals surface area contributed by atoms with E-state index >= 15 is 0 Å². The Balaban J connectivity index is 1.67. The van der Waals surface area contributed by atoms with Crippen LogP contribution < -0.4 is 10.9 Å². The maximum absolute atomic E-state index is 13.3. The van der Waals surface area contributed by atoms with Crippen LogP contribution in [0.2, 0.25) is 5.02 Å². The lowest BCUT2D eigenvalue weighted by molar-refractivity contribution is -0.113. The van der Waals surface area contributed by atoms with Crippen LogP contribution >= 0.6 is 23.4 Å². The van der Waals surface area contributed by atoms with E-state index in [1.807, 2.05) is 38.1 Å². The van der Waals surface area contributed by atoms with E-state index in [0.717, 1.165) is 22.9 Å². The number of hydrogen-bond acceptors (Lipinski definition) is 4. The second-order valence-corrected chi connectivity index (χ2v) is 8.64. The number of anilines is 1. The van der Waals surface area contributed by atoms with Crippen molar-refractivity contribution in [3.8, 4) is 5.69 Å². The molecule has 1 aromatic heterocycles. The molecule has 0 saturated heterocycles. The number of hydrogen-bond donors (Lipinski definition) is 1. The molecule has 0 unspecified atom stereocenters. The summed E-state index contributed by atoms with van der Waals surface area (Å²) in [6.45, 7) is 3.98. The van der Waals surface area contributed by atoms with Crippen LogP contribution in [0.5, 0.6) is 0 Å². The van der Waals surface area contributed by atoms with Crippen LogP contribution in [0.3, 0.4) is 0 Å². The van der Waals surface area contributed by atoms with E-state index in [-0.39, 0.29) is 22.2 Å². The molecule has 1 N–H and O–H groups in total. The van der Waals surface area contributed by atoms with Crippen LogP contribution in [0.4, 0.5) is 10.1 Å². The summed E-state index contributed by atoms with van der Waals surface area (Å²) < 4.78 is 14.9. The van der Waals surface area contributed by atoms with Crippen molar-refractivity contribution in [2.45, 2.75) is 19.0 Å². The largest absolute Gasteiger partial charge is 0.325 e. The fraction of sp³-hybridized carbons (Fsp3) is 0.125. The Morgan fingerprint density at radius 1 is 1.09 bits per heavy atom. The standard InChI is InChI=1S/C24H19ClFN3O2S/c1-14-7-9-17(11-15(14)2)29-23(31)18-5-3-4-6-21(18)28-24(29)32-13-22(30)27-16-8-10-20(26)19(25)12-16/h3-12H,13H2,1-2H3,(H,27,30). The molecule has 0 bridgehead atoms. The number of halogens is 2. The van der Waals surface area contributed by atoms with Crippen molar-refractivity contribution in [2.24, 2.45) is 0 Å². The van der Waals surface area contributed by atoms with Gasteiger partial charge in [-0.05, 0) is 67.4 Å². The molecule has 5 nitrogen and oxygen atoms in total. The van der Waals surface area contributed by atoms with Gasteiger partial charge in [-0.1, -0.05) is 41.6 Å². The van der Waals surface area contributed by atoms with Gasteiger partial charge in [0, 0.05) is 5.69 Å². The summed E-state index contributed by atoms with van der Waals surface area (Å²) in [5, 5.41) is 3.52. The van der Waals surface area contributed by atoms with Gasteiger partial charge in [0.1, 0.15) is 5.82 Å². The first-order valence-corrected chi connectivity index (χ1v) is 11.2. The third-order valence-electron chi connectivity index (χ3n) is 5.03. The fourth-order valence-electron chi connectivity index (χ4n) is 3.20. The molecule has 4 rings (SSSR count). The second-order valence-electron chi connectivity index (χ2n) is 7.29. The number of aromatic nitrogens is 2. The fourth-order valence-corrected chi connectivity index (χ4v) is 4.20. The van der Waals surface area contributed by atoms with Crippen LogP contribution in [0, 0.1) is 19.7 Å². The van der Waals surface area contributed by atoms with E-state index in [1.165, 1.54) is 22.8 Å². The van der Waals surface area contributed by atoms with Gasteiger partial charge >= 0.3 is 0 Å². The Morgan fingerprint density at radius 3 is 2.62 bits per heavy atom. The minimum absolute atomic E-state index is 0.00458. The predicted molar refractivity (Wildman–Crippen MR) is 128 cm³/mol. The number of carbonyl (C=O) groups is 1. The van der Waals surface area contributed by atoms with Gasteiger partial charge in [0.05, 0.1) is 27.4 Å². The van der Waals surface area contributed by atoms with Gasteiger partial charge in [-0.25, -0.2) is 9.37 Å². The van der Waals surface area contributed by atoms with Crippen LogP contribution in [0.25, 0.3) is 16.6 Å². The molecule has 8 heteroatoms. The number of para-hydroxylation sites is 1. The van der Waals surface area contributed by atoms with Gasteiger partial charge in [0.15, 0.2) is 5.16 Å². The number of thioether (sulfide) groups is 1. The topological polar surface area (TPSA) is 64.0 Å². The Hall–Kier alpha value is -3.16. The molecule has 1 heterocycles. The molecule has 0 fully saturated rings. The average Bonchev–Trinajstić information content (AvgIpc) is 2.77. The molecule has 0 atom stereocenters. The quantitative estimate of drug-likeness (QED) is 0.310. The Kier molecular flexibility index (Phi) is 6.30. The summed E-state index contributed by atoms with van der Waals surface area (Å²) in [5.74, 6) is -0.881. The molecule has 0 saturated carbocycles. The van der Waals surface area contributed by atoms with Crippen LogP contribution in [-0.2, 0) is 4.79 Å². The maximum Gasteiger partial charge on any atom is 0.266 e. The first-order valence-electron chi connectivity index (χ1n) is 9.80. The smallest absolute Gasteiger partial charge is 0.266 e. The van der Waals surface area contributed by atoms with E-state index in [2.05, 4.69) is 10.3 Å². The van der Waals surface area contributed by atoms with E-state index in [9.17, 15) is 14.0 Å². The van der Waals surface area contributed by atoms with Crippen molar-refractivity contribution < 1.29 is 9.18 Å². The number of fused-ring (bicyclic) bond motifs is 1. The summed E-state index contributed by atoms with van der Waals surface area (Å²) in [6, 6.07) is 16.8. The summed E-state index contributed by atoms with van der Waals surface area (Å²) in [4.78, 5) is 30.4.